The third-order valence-electron chi connectivity index (χ3n) is 2.96. The first kappa shape index (κ1) is 15.5. The van der Waals surface area contributed by atoms with Gasteiger partial charge in [-0.25, -0.2) is 0 Å². The Kier molecular flexibility index (Phi) is 4.94. The van der Waals surface area contributed by atoms with Crippen LogP contribution in [0.2, 0.25) is 10.0 Å². The van der Waals surface area contributed by atoms with Crippen LogP contribution in [-0.4, -0.2) is 17.6 Å². The van der Waals surface area contributed by atoms with E-state index < -0.39 is 5.97 Å². The fraction of sp³-hybridized carbons (Fsp3) is 0.133. The molecule has 0 atom stereocenters. The summed E-state index contributed by atoms with van der Waals surface area (Å²) >= 11 is 11.9. The summed E-state index contributed by atoms with van der Waals surface area (Å²) in [6.07, 6.45) is 0. The van der Waals surface area contributed by atoms with E-state index in [0.29, 0.717) is 28.0 Å². The Balaban J connectivity index is 2.30. The third-order valence-corrected chi connectivity index (χ3v) is 3.70. The maximum Gasteiger partial charge on any atom is 0.323 e. The van der Waals surface area contributed by atoms with Crippen LogP contribution >= 0.6 is 23.2 Å². The Labute approximate surface area is 132 Å². The Hall–Kier alpha value is -1.91. The van der Waals surface area contributed by atoms with Gasteiger partial charge < -0.3 is 15.7 Å². The van der Waals surface area contributed by atoms with Crippen molar-refractivity contribution in [2.24, 2.45) is 0 Å². The molecule has 0 bridgehead atoms. The molecule has 0 aliphatic rings. The number of carboxylic acids is 1. The Morgan fingerprint density at radius 3 is 2.48 bits per heavy atom. The number of halogens is 2. The second kappa shape index (κ2) is 6.70. The Morgan fingerprint density at radius 2 is 1.86 bits per heavy atom. The minimum absolute atomic E-state index is 0.158. The molecule has 6 heteroatoms. The molecule has 0 aliphatic heterocycles. The largest absolute Gasteiger partial charge is 0.480 e. The monoisotopic (exact) mass is 324 g/mol. The van der Waals surface area contributed by atoms with Gasteiger partial charge in [0.1, 0.15) is 6.54 Å². The third kappa shape index (κ3) is 4.03. The minimum Gasteiger partial charge on any atom is -0.480 e. The molecule has 110 valence electrons. The van der Waals surface area contributed by atoms with E-state index in [0.717, 1.165) is 5.56 Å². The zero-order chi connectivity index (χ0) is 15.4. The highest BCUT2D eigenvalue weighted by molar-refractivity contribution is 6.42. The van der Waals surface area contributed by atoms with Gasteiger partial charge in [-0.1, -0.05) is 41.4 Å². The van der Waals surface area contributed by atoms with Crippen LogP contribution in [0.4, 0.5) is 11.4 Å². The van der Waals surface area contributed by atoms with Crippen molar-refractivity contribution in [2.75, 3.05) is 17.2 Å². The van der Waals surface area contributed by atoms with Crippen LogP contribution in [0, 0.1) is 0 Å². The summed E-state index contributed by atoms with van der Waals surface area (Å²) in [5, 5.41) is 9.98. The number of para-hydroxylation sites is 2. The first-order valence-corrected chi connectivity index (χ1v) is 6.98. The summed E-state index contributed by atoms with van der Waals surface area (Å²) in [7, 11) is 0. The summed E-state index contributed by atoms with van der Waals surface area (Å²) in [5.74, 6) is -0.932. The molecule has 0 fully saturated rings. The lowest BCUT2D eigenvalue weighted by Gasteiger charge is -2.24. The van der Waals surface area contributed by atoms with Gasteiger partial charge in [0.25, 0.3) is 0 Å². The molecule has 0 aromatic heterocycles. The van der Waals surface area contributed by atoms with Crippen LogP contribution in [0.25, 0.3) is 0 Å². The number of hydrogen-bond acceptors (Lipinski definition) is 3. The second-order valence-corrected chi connectivity index (χ2v) is 5.37. The number of hydrogen-bond donors (Lipinski definition) is 2. The highest BCUT2D eigenvalue weighted by atomic mass is 35.5. The molecule has 21 heavy (non-hydrogen) atoms. The second-order valence-electron chi connectivity index (χ2n) is 4.56. The Bertz CT molecular complexity index is 662. The van der Waals surface area contributed by atoms with Crippen LogP contribution in [0.3, 0.4) is 0 Å². The normalized spacial score (nSPS) is 10.4. The maximum atomic E-state index is 11.1. The van der Waals surface area contributed by atoms with Crippen molar-refractivity contribution in [3.8, 4) is 0 Å². The van der Waals surface area contributed by atoms with Crippen LogP contribution in [0.1, 0.15) is 5.56 Å². The highest BCUT2D eigenvalue weighted by Gasteiger charge is 2.14. The predicted molar refractivity (Wildman–Crippen MR) is 86.0 cm³/mol. The van der Waals surface area contributed by atoms with E-state index in [1.807, 2.05) is 12.1 Å². The molecule has 3 N–H and O–H groups in total. The summed E-state index contributed by atoms with van der Waals surface area (Å²) in [6, 6.07) is 12.4. The lowest BCUT2D eigenvalue weighted by atomic mass is 10.1. The SMILES string of the molecule is Nc1ccccc1N(CC(=O)O)Cc1ccc(Cl)c(Cl)c1. The standard InChI is InChI=1S/C15H14Cl2N2O2/c16-11-6-5-10(7-12(11)17)8-19(9-15(20)21)14-4-2-1-3-13(14)18/h1-7H,8-9,18H2,(H,20,21). The summed E-state index contributed by atoms with van der Waals surface area (Å²) in [5.41, 5.74) is 7.98. The van der Waals surface area contributed by atoms with E-state index in [4.69, 9.17) is 34.0 Å². The van der Waals surface area contributed by atoms with Gasteiger partial charge in [-0.3, -0.25) is 4.79 Å². The topological polar surface area (TPSA) is 66.6 Å². The molecule has 0 radical (unpaired) electrons. The van der Waals surface area contributed by atoms with Gasteiger partial charge in [-0.15, -0.1) is 0 Å². The van der Waals surface area contributed by atoms with Crippen molar-refractivity contribution < 1.29 is 9.90 Å². The number of carboxylic acid groups (broad SMARTS) is 1. The van der Waals surface area contributed by atoms with Crippen molar-refractivity contribution >= 4 is 40.5 Å². The molecule has 2 rings (SSSR count). The van der Waals surface area contributed by atoms with Gasteiger partial charge in [0, 0.05) is 6.54 Å². The molecule has 0 saturated heterocycles. The van der Waals surface area contributed by atoms with E-state index in [1.54, 1.807) is 35.2 Å². The molecule has 2 aromatic rings. The van der Waals surface area contributed by atoms with Gasteiger partial charge in [0.05, 0.1) is 21.4 Å². The van der Waals surface area contributed by atoms with Crippen molar-refractivity contribution in [1.29, 1.82) is 0 Å². The van der Waals surface area contributed by atoms with Gasteiger partial charge >= 0.3 is 5.97 Å². The molecular formula is C15H14Cl2N2O2. The summed E-state index contributed by atoms with van der Waals surface area (Å²) < 4.78 is 0. The van der Waals surface area contributed by atoms with Gasteiger partial charge in [0.2, 0.25) is 0 Å². The van der Waals surface area contributed by atoms with Crippen LogP contribution in [0.5, 0.6) is 0 Å². The van der Waals surface area contributed by atoms with Crippen molar-refractivity contribution in [2.45, 2.75) is 6.54 Å². The van der Waals surface area contributed by atoms with Gasteiger partial charge in [-0.05, 0) is 29.8 Å². The summed E-state index contributed by atoms with van der Waals surface area (Å²) in [4.78, 5) is 12.8. The molecule has 2 aromatic carbocycles. The summed E-state index contributed by atoms with van der Waals surface area (Å²) in [6.45, 7) is 0.214. The van der Waals surface area contributed by atoms with Crippen LogP contribution in [0.15, 0.2) is 42.5 Å². The highest BCUT2D eigenvalue weighted by Crippen LogP contribution is 2.27. The zero-order valence-corrected chi connectivity index (χ0v) is 12.6. The lowest BCUT2D eigenvalue weighted by Crippen LogP contribution is -2.29. The number of carbonyl (C=O) groups is 1. The van der Waals surface area contributed by atoms with E-state index >= 15 is 0 Å². The first-order valence-electron chi connectivity index (χ1n) is 6.22. The molecule has 4 nitrogen and oxygen atoms in total. The number of nitrogen functional groups attached to an aromatic ring is 1. The molecule has 0 aliphatic carbocycles. The fourth-order valence-electron chi connectivity index (χ4n) is 2.02. The predicted octanol–water partition coefficient (Wildman–Crippen LogP) is 3.67. The molecule has 0 heterocycles. The smallest absolute Gasteiger partial charge is 0.323 e. The van der Waals surface area contributed by atoms with E-state index in [9.17, 15) is 4.79 Å². The molecular weight excluding hydrogens is 311 g/mol. The molecule has 0 spiro atoms. The number of aliphatic carboxylic acids is 1. The fourth-order valence-corrected chi connectivity index (χ4v) is 2.34. The van der Waals surface area contributed by atoms with Gasteiger partial charge in [0.15, 0.2) is 0 Å². The zero-order valence-electron chi connectivity index (χ0n) is 11.1. The molecule has 0 unspecified atom stereocenters. The molecule has 0 saturated carbocycles. The van der Waals surface area contributed by atoms with Crippen molar-refractivity contribution in [3.05, 3.63) is 58.1 Å². The molecule has 0 amide bonds. The minimum atomic E-state index is -0.932. The number of nitrogens with zero attached hydrogens (tertiary/aromatic N) is 1. The number of benzene rings is 2. The average Bonchev–Trinajstić information content (AvgIpc) is 2.42. The van der Waals surface area contributed by atoms with E-state index in [2.05, 4.69) is 0 Å². The quantitative estimate of drug-likeness (QED) is 0.823. The maximum absolute atomic E-state index is 11.1. The number of nitrogens with two attached hydrogens (primary N) is 1. The van der Waals surface area contributed by atoms with Crippen molar-refractivity contribution in [3.63, 3.8) is 0 Å². The number of rotatable bonds is 5. The number of anilines is 2. The van der Waals surface area contributed by atoms with E-state index in [1.165, 1.54) is 0 Å². The first-order chi connectivity index (χ1) is 9.97. The van der Waals surface area contributed by atoms with Crippen LogP contribution in [-0.2, 0) is 11.3 Å². The van der Waals surface area contributed by atoms with E-state index in [-0.39, 0.29) is 6.54 Å². The Morgan fingerprint density at radius 1 is 1.14 bits per heavy atom. The van der Waals surface area contributed by atoms with Gasteiger partial charge in [-0.2, -0.15) is 0 Å². The van der Waals surface area contributed by atoms with Crippen molar-refractivity contribution in [1.82, 2.24) is 0 Å². The van der Waals surface area contributed by atoms with Crippen LogP contribution < -0.4 is 10.6 Å². The lowest BCUT2D eigenvalue weighted by molar-refractivity contribution is -0.135. The average molecular weight is 325 g/mol.